The number of fused-ring (bicyclic) bond motifs is 1. The zero-order chi connectivity index (χ0) is 18.8. The third-order valence-corrected chi connectivity index (χ3v) is 4.19. The second-order valence-corrected chi connectivity index (χ2v) is 6.21. The maximum absolute atomic E-state index is 12.1. The number of esters is 1. The highest BCUT2D eigenvalue weighted by Crippen LogP contribution is 2.37. The Kier molecular flexibility index (Phi) is 4.88. The molecule has 0 saturated heterocycles. The van der Waals surface area contributed by atoms with E-state index < -0.39 is 5.97 Å². The van der Waals surface area contributed by atoms with Crippen molar-refractivity contribution in [2.24, 2.45) is 0 Å². The third-order valence-electron chi connectivity index (χ3n) is 4.19. The molecule has 3 aromatic rings. The summed E-state index contributed by atoms with van der Waals surface area (Å²) in [5.74, 6) is 0.389. The molecule has 1 aromatic carbocycles. The first-order valence-corrected chi connectivity index (χ1v) is 8.56. The van der Waals surface area contributed by atoms with Crippen LogP contribution in [0.15, 0.2) is 24.3 Å². The van der Waals surface area contributed by atoms with Crippen molar-refractivity contribution >= 4 is 11.6 Å². The van der Waals surface area contributed by atoms with Gasteiger partial charge in [0.1, 0.15) is 5.75 Å². The van der Waals surface area contributed by atoms with E-state index in [0.29, 0.717) is 11.3 Å². The summed E-state index contributed by atoms with van der Waals surface area (Å²) >= 11 is 0. The molecule has 0 aliphatic heterocycles. The summed E-state index contributed by atoms with van der Waals surface area (Å²) in [7, 11) is 1.63. The fourth-order valence-electron chi connectivity index (χ4n) is 2.92. The number of aromatic nitrogens is 4. The Morgan fingerprint density at radius 3 is 2.62 bits per heavy atom. The molecule has 7 nitrogen and oxygen atoms in total. The van der Waals surface area contributed by atoms with E-state index >= 15 is 0 Å². The monoisotopic (exact) mass is 354 g/mol. The van der Waals surface area contributed by atoms with Crippen molar-refractivity contribution in [1.29, 1.82) is 0 Å². The van der Waals surface area contributed by atoms with Crippen LogP contribution < -0.4 is 4.74 Å². The highest BCUT2D eigenvalue weighted by atomic mass is 16.5. The van der Waals surface area contributed by atoms with Crippen LogP contribution in [0.3, 0.4) is 0 Å². The molecule has 0 bridgehead atoms. The van der Waals surface area contributed by atoms with Gasteiger partial charge in [0.15, 0.2) is 11.3 Å². The van der Waals surface area contributed by atoms with Gasteiger partial charge in [0, 0.05) is 5.56 Å². The summed E-state index contributed by atoms with van der Waals surface area (Å²) < 4.78 is 12.2. The van der Waals surface area contributed by atoms with E-state index in [1.807, 2.05) is 24.3 Å². The molecule has 0 unspecified atom stereocenters. The molecule has 0 amide bonds. The number of ether oxygens (including phenoxy) is 2. The molecule has 136 valence electrons. The summed E-state index contributed by atoms with van der Waals surface area (Å²) in [5.41, 5.74) is 3.98. The van der Waals surface area contributed by atoms with Crippen molar-refractivity contribution in [3.05, 3.63) is 41.3 Å². The van der Waals surface area contributed by atoms with Gasteiger partial charge < -0.3 is 9.47 Å². The number of para-hydroxylation sites is 1. The van der Waals surface area contributed by atoms with Crippen molar-refractivity contribution in [2.45, 2.75) is 33.6 Å². The predicted molar refractivity (Wildman–Crippen MR) is 97.6 cm³/mol. The molecule has 0 saturated carbocycles. The highest BCUT2D eigenvalue weighted by molar-refractivity contribution is 5.89. The second-order valence-electron chi connectivity index (χ2n) is 6.21. The molecule has 2 heterocycles. The lowest BCUT2D eigenvalue weighted by atomic mass is 9.99. The van der Waals surface area contributed by atoms with Crippen molar-refractivity contribution < 1.29 is 14.3 Å². The lowest BCUT2D eigenvalue weighted by Crippen LogP contribution is -2.14. The number of nitrogens with zero attached hydrogens (tertiary/aromatic N) is 4. The topological polar surface area (TPSA) is 78.6 Å². The van der Waals surface area contributed by atoms with E-state index in [-0.39, 0.29) is 18.2 Å². The number of rotatable bonds is 5. The van der Waals surface area contributed by atoms with Gasteiger partial charge in [-0.05, 0) is 25.8 Å². The van der Waals surface area contributed by atoms with Gasteiger partial charge in [0.25, 0.3) is 0 Å². The number of carbonyl (C=O) groups excluding carboxylic acids is 1. The Hall–Kier alpha value is -2.96. The van der Waals surface area contributed by atoms with Crippen LogP contribution in [0.2, 0.25) is 0 Å². The Morgan fingerprint density at radius 2 is 1.96 bits per heavy atom. The number of aryl methyl sites for hydroxylation is 1. The van der Waals surface area contributed by atoms with E-state index in [4.69, 9.17) is 14.6 Å². The zero-order valence-electron chi connectivity index (χ0n) is 15.6. The molecule has 0 fully saturated rings. The van der Waals surface area contributed by atoms with E-state index in [9.17, 15) is 4.79 Å². The molecule has 0 radical (unpaired) electrons. The average molecular weight is 354 g/mol. The lowest BCUT2D eigenvalue weighted by molar-refractivity contribution is 0.0516. The summed E-state index contributed by atoms with van der Waals surface area (Å²) in [4.78, 5) is 12.1. The largest absolute Gasteiger partial charge is 0.496 e. The number of methoxy groups -OCH3 is 1. The van der Waals surface area contributed by atoms with Crippen LogP contribution in [-0.2, 0) is 4.74 Å². The van der Waals surface area contributed by atoms with Crippen LogP contribution in [-0.4, -0.2) is 39.5 Å². The normalized spacial score (nSPS) is 11.2. The average Bonchev–Trinajstić information content (AvgIpc) is 3.02. The van der Waals surface area contributed by atoms with Gasteiger partial charge >= 0.3 is 5.97 Å². The van der Waals surface area contributed by atoms with Crippen LogP contribution in [0.1, 0.15) is 48.6 Å². The number of hydrogen-bond acceptors (Lipinski definition) is 6. The number of carbonyl (C=O) groups is 1. The van der Waals surface area contributed by atoms with Gasteiger partial charge in [-0.3, -0.25) is 0 Å². The zero-order valence-corrected chi connectivity index (χ0v) is 15.6. The summed E-state index contributed by atoms with van der Waals surface area (Å²) in [5, 5.41) is 13.1. The summed E-state index contributed by atoms with van der Waals surface area (Å²) in [6.45, 7) is 7.95. The maximum atomic E-state index is 12.1. The molecule has 0 aliphatic rings. The Labute approximate surface area is 152 Å². The quantitative estimate of drug-likeness (QED) is 0.653. The van der Waals surface area contributed by atoms with E-state index in [2.05, 4.69) is 24.0 Å². The summed E-state index contributed by atoms with van der Waals surface area (Å²) in [6, 6.07) is 7.73. The molecule has 0 spiro atoms. The van der Waals surface area contributed by atoms with Gasteiger partial charge in [-0.1, -0.05) is 32.0 Å². The van der Waals surface area contributed by atoms with E-state index in [1.165, 1.54) is 0 Å². The minimum absolute atomic E-state index is 0.155. The van der Waals surface area contributed by atoms with Gasteiger partial charge in [-0.25, -0.2) is 9.31 Å². The van der Waals surface area contributed by atoms with Gasteiger partial charge in [-0.15, -0.1) is 10.2 Å². The van der Waals surface area contributed by atoms with Crippen molar-refractivity contribution in [1.82, 2.24) is 19.8 Å². The van der Waals surface area contributed by atoms with Crippen LogP contribution in [0, 0.1) is 6.92 Å². The van der Waals surface area contributed by atoms with Crippen molar-refractivity contribution in [3.8, 4) is 16.9 Å². The fraction of sp³-hybridized carbons (Fsp3) is 0.368. The van der Waals surface area contributed by atoms with E-state index in [0.717, 1.165) is 22.6 Å². The molecule has 0 atom stereocenters. The molecule has 3 rings (SSSR count). The minimum Gasteiger partial charge on any atom is -0.496 e. The summed E-state index contributed by atoms with van der Waals surface area (Å²) in [6.07, 6.45) is 0. The molecule has 0 aliphatic carbocycles. The predicted octanol–water partition coefficient (Wildman–Crippen LogP) is 3.41. The Morgan fingerprint density at radius 1 is 1.23 bits per heavy atom. The molecule has 26 heavy (non-hydrogen) atoms. The number of benzene rings is 1. The van der Waals surface area contributed by atoms with Crippen LogP contribution in [0.5, 0.6) is 5.75 Å². The standard InChI is InChI=1S/C19H22N4O3/c1-6-26-19(24)17-12(4)23-18(21-20-17)15(16(22-23)11(2)3)13-9-7-8-10-14(13)25-5/h7-11H,6H2,1-5H3. The first kappa shape index (κ1) is 17.8. The first-order chi connectivity index (χ1) is 12.5. The SMILES string of the molecule is CCOC(=O)c1nnc2c(-c3ccccc3OC)c(C(C)C)nn2c1C. The Balaban J connectivity index is 2.31. The Bertz CT molecular complexity index is 963. The van der Waals surface area contributed by atoms with Crippen LogP contribution >= 0.6 is 0 Å². The molecule has 2 aromatic heterocycles. The molecule has 7 heteroatoms. The highest BCUT2D eigenvalue weighted by Gasteiger charge is 2.25. The van der Waals surface area contributed by atoms with E-state index in [1.54, 1.807) is 25.5 Å². The fourth-order valence-corrected chi connectivity index (χ4v) is 2.92. The van der Waals surface area contributed by atoms with Gasteiger partial charge in [0.2, 0.25) is 0 Å². The number of hydrogen-bond donors (Lipinski definition) is 0. The molecule has 0 N–H and O–H groups in total. The first-order valence-electron chi connectivity index (χ1n) is 8.56. The third kappa shape index (κ3) is 2.89. The lowest BCUT2D eigenvalue weighted by Gasteiger charge is -2.10. The molecular formula is C19H22N4O3. The van der Waals surface area contributed by atoms with Crippen LogP contribution in [0.25, 0.3) is 16.8 Å². The van der Waals surface area contributed by atoms with Gasteiger partial charge in [-0.2, -0.15) is 5.10 Å². The maximum Gasteiger partial charge on any atom is 0.360 e. The minimum atomic E-state index is -0.500. The van der Waals surface area contributed by atoms with Crippen molar-refractivity contribution in [3.63, 3.8) is 0 Å². The smallest absolute Gasteiger partial charge is 0.360 e. The van der Waals surface area contributed by atoms with Gasteiger partial charge in [0.05, 0.1) is 30.7 Å². The second kappa shape index (κ2) is 7.11. The van der Waals surface area contributed by atoms with Crippen molar-refractivity contribution in [2.75, 3.05) is 13.7 Å². The molecular weight excluding hydrogens is 332 g/mol. The van der Waals surface area contributed by atoms with Crippen LogP contribution in [0.4, 0.5) is 0 Å².